The number of para-hydroxylation sites is 2. The highest BCUT2D eigenvalue weighted by atomic mass is 16.1. The van der Waals surface area contributed by atoms with Crippen molar-refractivity contribution in [2.75, 3.05) is 5.73 Å². The number of nitrogens with one attached hydrogen (secondary N) is 1. The summed E-state index contributed by atoms with van der Waals surface area (Å²) in [7, 11) is 1.87. The Morgan fingerprint density at radius 3 is 2.63 bits per heavy atom. The Kier molecular flexibility index (Phi) is 5.62. The van der Waals surface area contributed by atoms with Crippen LogP contribution in [-0.2, 0) is 7.05 Å². The number of carbonyl (C=O) groups is 1. The number of fused-ring (bicyclic) bond motifs is 2. The maximum Gasteiger partial charge on any atom is 0.259 e. The summed E-state index contributed by atoms with van der Waals surface area (Å²) in [5.74, 6) is 6.26. The molecule has 3 N–H and O–H groups in total. The molecule has 0 saturated carbocycles. The summed E-state index contributed by atoms with van der Waals surface area (Å²) in [6, 6.07) is 21.4. The van der Waals surface area contributed by atoms with Gasteiger partial charge in [-0.1, -0.05) is 36.3 Å². The lowest BCUT2D eigenvalue weighted by Gasteiger charge is -2.18. The molecule has 0 aliphatic carbocycles. The van der Waals surface area contributed by atoms with Crippen LogP contribution in [0.4, 0.5) is 5.82 Å². The van der Waals surface area contributed by atoms with Gasteiger partial charge in [-0.25, -0.2) is 9.50 Å². The van der Waals surface area contributed by atoms with E-state index in [-0.39, 0.29) is 23.3 Å². The molecule has 0 aliphatic heterocycles. The van der Waals surface area contributed by atoms with E-state index in [1.54, 1.807) is 23.1 Å². The van der Waals surface area contributed by atoms with Crippen molar-refractivity contribution < 1.29 is 4.79 Å². The molecule has 1 atom stereocenters. The molecule has 0 saturated heterocycles. The van der Waals surface area contributed by atoms with Crippen LogP contribution in [0.5, 0.6) is 0 Å². The van der Waals surface area contributed by atoms with Crippen molar-refractivity contribution in [2.24, 2.45) is 7.05 Å². The highest BCUT2D eigenvalue weighted by molar-refractivity contribution is 6.04. The standard InChI is InChI=1S/C29H24N8O/c1-19(32-29(38)25-27(30)34-36-16-7-15-31-28(25)36)24-18-21-9-6-8-20(12-13-22-14-17-35(2)33-22)26(21)37(24)23-10-4-3-5-11-23/h3-11,14-19H,1-2H3,(H2,30,34)(H,32,38). The Morgan fingerprint density at radius 2 is 1.84 bits per heavy atom. The van der Waals surface area contributed by atoms with Gasteiger partial charge in [-0.05, 0) is 49.2 Å². The van der Waals surface area contributed by atoms with E-state index >= 15 is 0 Å². The number of benzene rings is 2. The largest absolute Gasteiger partial charge is 0.381 e. The molecule has 6 aromatic rings. The van der Waals surface area contributed by atoms with Crippen LogP contribution in [-0.4, -0.2) is 34.9 Å². The van der Waals surface area contributed by atoms with Gasteiger partial charge in [0.05, 0.1) is 11.6 Å². The predicted octanol–water partition coefficient (Wildman–Crippen LogP) is 3.88. The molecule has 9 nitrogen and oxygen atoms in total. The molecule has 4 heterocycles. The Bertz CT molecular complexity index is 1870. The first-order valence-corrected chi connectivity index (χ1v) is 12.1. The van der Waals surface area contributed by atoms with Crippen LogP contribution in [0.25, 0.3) is 22.2 Å². The fraction of sp³-hybridized carbons (Fsp3) is 0.103. The number of aryl methyl sites for hydroxylation is 1. The van der Waals surface area contributed by atoms with Crippen LogP contribution >= 0.6 is 0 Å². The molecule has 2 aromatic carbocycles. The molecule has 1 amide bonds. The number of carbonyl (C=O) groups excluding carboxylic acids is 1. The summed E-state index contributed by atoms with van der Waals surface area (Å²) >= 11 is 0. The number of nitrogen functional groups attached to an aromatic ring is 1. The van der Waals surface area contributed by atoms with Crippen molar-refractivity contribution in [3.05, 3.63) is 108 Å². The van der Waals surface area contributed by atoms with Crippen LogP contribution in [0, 0.1) is 11.8 Å². The van der Waals surface area contributed by atoms with Crippen molar-refractivity contribution >= 4 is 28.3 Å². The second-order valence-electron chi connectivity index (χ2n) is 8.95. The molecule has 9 heteroatoms. The Morgan fingerprint density at radius 1 is 1.00 bits per heavy atom. The summed E-state index contributed by atoms with van der Waals surface area (Å²) in [6.07, 6.45) is 5.18. The lowest BCUT2D eigenvalue weighted by Crippen LogP contribution is -2.28. The summed E-state index contributed by atoms with van der Waals surface area (Å²) in [5, 5.41) is 12.7. The van der Waals surface area contributed by atoms with Gasteiger partial charge in [-0.2, -0.15) is 5.10 Å². The summed E-state index contributed by atoms with van der Waals surface area (Å²) in [5.41, 5.74) is 11.1. The maximum absolute atomic E-state index is 13.4. The van der Waals surface area contributed by atoms with Gasteiger partial charge < -0.3 is 15.6 Å². The molecule has 0 spiro atoms. The van der Waals surface area contributed by atoms with E-state index < -0.39 is 0 Å². The summed E-state index contributed by atoms with van der Waals surface area (Å²) < 4.78 is 5.37. The zero-order valence-corrected chi connectivity index (χ0v) is 20.8. The highest BCUT2D eigenvalue weighted by Gasteiger charge is 2.24. The quantitative estimate of drug-likeness (QED) is 0.357. The van der Waals surface area contributed by atoms with Crippen LogP contribution in [0.15, 0.2) is 85.3 Å². The third-order valence-corrected chi connectivity index (χ3v) is 6.35. The van der Waals surface area contributed by atoms with Crippen molar-refractivity contribution in [2.45, 2.75) is 13.0 Å². The van der Waals surface area contributed by atoms with E-state index in [2.05, 4.69) is 43.0 Å². The fourth-order valence-corrected chi connectivity index (χ4v) is 4.63. The fourth-order valence-electron chi connectivity index (χ4n) is 4.63. The first-order chi connectivity index (χ1) is 18.5. The molecule has 1 unspecified atom stereocenters. The third kappa shape index (κ3) is 4.04. The summed E-state index contributed by atoms with van der Waals surface area (Å²) in [4.78, 5) is 17.7. The van der Waals surface area contributed by atoms with Crippen LogP contribution < -0.4 is 11.1 Å². The topological polar surface area (TPSA) is 108 Å². The van der Waals surface area contributed by atoms with Crippen molar-refractivity contribution in [3.63, 3.8) is 0 Å². The van der Waals surface area contributed by atoms with Gasteiger partial charge in [-0.3, -0.25) is 9.48 Å². The minimum absolute atomic E-state index is 0.129. The van der Waals surface area contributed by atoms with Crippen molar-refractivity contribution in [1.29, 1.82) is 0 Å². The number of rotatable bonds is 4. The number of aromatic nitrogens is 6. The molecule has 0 fully saturated rings. The Hall–Kier alpha value is -5.36. The molecular weight excluding hydrogens is 476 g/mol. The molecule has 0 aliphatic rings. The molecule has 6 rings (SSSR count). The number of anilines is 1. The average molecular weight is 501 g/mol. The van der Waals surface area contributed by atoms with E-state index in [1.807, 2.05) is 74.8 Å². The normalized spacial score (nSPS) is 11.8. The first kappa shape index (κ1) is 23.1. The summed E-state index contributed by atoms with van der Waals surface area (Å²) in [6.45, 7) is 1.94. The Balaban J connectivity index is 1.45. The number of nitrogens with two attached hydrogens (primary N) is 1. The molecule has 186 valence electrons. The zero-order chi connectivity index (χ0) is 26.2. The van der Waals surface area contributed by atoms with E-state index in [0.29, 0.717) is 11.3 Å². The minimum atomic E-state index is -0.371. The van der Waals surface area contributed by atoms with Gasteiger partial charge in [0.2, 0.25) is 0 Å². The van der Waals surface area contributed by atoms with Gasteiger partial charge in [0.25, 0.3) is 5.91 Å². The lowest BCUT2D eigenvalue weighted by molar-refractivity contribution is 0.0941. The average Bonchev–Trinajstić information content (AvgIpc) is 3.62. The number of hydrogen-bond donors (Lipinski definition) is 2. The van der Waals surface area contributed by atoms with E-state index in [1.165, 1.54) is 4.52 Å². The van der Waals surface area contributed by atoms with Crippen LogP contribution in [0.3, 0.4) is 0 Å². The highest BCUT2D eigenvalue weighted by Crippen LogP contribution is 2.31. The molecule has 0 radical (unpaired) electrons. The monoisotopic (exact) mass is 500 g/mol. The predicted molar refractivity (Wildman–Crippen MR) is 146 cm³/mol. The van der Waals surface area contributed by atoms with Gasteiger partial charge in [-0.15, -0.1) is 5.10 Å². The smallest absolute Gasteiger partial charge is 0.259 e. The molecule has 38 heavy (non-hydrogen) atoms. The van der Waals surface area contributed by atoms with Gasteiger partial charge in [0.15, 0.2) is 11.5 Å². The maximum atomic E-state index is 13.4. The van der Waals surface area contributed by atoms with Gasteiger partial charge >= 0.3 is 0 Å². The van der Waals surface area contributed by atoms with Gasteiger partial charge in [0, 0.05) is 48.0 Å². The van der Waals surface area contributed by atoms with E-state index in [9.17, 15) is 4.79 Å². The molecular formula is C29H24N8O. The van der Waals surface area contributed by atoms with E-state index in [0.717, 1.165) is 27.8 Å². The lowest BCUT2D eigenvalue weighted by atomic mass is 10.1. The van der Waals surface area contributed by atoms with Crippen LogP contribution in [0.1, 0.15) is 40.3 Å². The second kappa shape index (κ2) is 9.26. The second-order valence-corrected chi connectivity index (χ2v) is 8.95. The molecule has 0 bridgehead atoms. The number of hydrogen-bond acceptors (Lipinski definition) is 5. The zero-order valence-electron chi connectivity index (χ0n) is 20.8. The number of nitrogens with zero attached hydrogens (tertiary/aromatic N) is 6. The van der Waals surface area contributed by atoms with E-state index in [4.69, 9.17) is 5.73 Å². The minimum Gasteiger partial charge on any atom is -0.381 e. The van der Waals surface area contributed by atoms with Crippen molar-refractivity contribution in [1.82, 2.24) is 34.3 Å². The van der Waals surface area contributed by atoms with Gasteiger partial charge in [0.1, 0.15) is 11.3 Å². The Labute approximate surface area is 218 Å². The first-order valence-electron chi connectivity index (χ1n) is 12.1. The SMILES string of the molecule is CC(NC(=O)c1c(N)nn2cccnc12)c1cc2cccc(C#Cc3ccn(C)n3)c2n1-c1ccccc1. The third-order valence-electron chi connectivity index (χ3n) is 6.35. The number of amides is 1. The molecule has 4 aromatic heterocycles. The van der Waals surface area contributed by atoms with Crippen LogP contribution in [0.2, 0.25) is 0 Å². The van der Waals surface area contributed by atoms with Crippen molar-refractivity contribution in [3.8, 4) is 17.5 Å².